The molecule has 1 aromatic carbocycles. The zero-order chi connectivity index (χ0) is 17.4. The van der Waals surface area contributed by atoms with Crippen molar-refractivity contribution in [3.63, 3.8) is 0 Å². The fourth-order valence-electron chi connectivity index (χ4n) is 3.30. The molecular formula is C20H21NO3S. The highest BCUT2D eigenvalue weighted by Gasteiger charge is 2.29. The molecule has 1 fully saturated rings. The number of aryl methyl sites for hydroxylation is 1. The van der Waals surface area contributed by atoms with Gasteiger partial charge in [0.05, 0.1) is 0 Å². The quantitative estimate of drug-likeness (QED) is 0.670. The standard InChI is InChI=1S/C20H21NO3S/c1-2-13-8-17-14(9-20(23)24-19(17)10-18(13)22)11-21(15-5-6-15)12-16-4-3-7-25-16/h3-4,7-10,15,22H,2,5-6,11-12H2,1H3. The van der Waals surface area contributed by atoms with E-state index in [1.807, 2.05) is 13.0 Å². The summed E-state index contributed by atoms with van der Waals surface area (Å²) in [6, 6.07) is 9.95. The molecule has 1 N–H and O–H groups in total. The minimum atomic E-state index is -0.363. The molecule has 0 amide bonds. The predicted octanol–water partition coefficient (Wildman–Crippen LogP) is 4.29. The summed E-state index contributed by atoms with van der Waals surface area (Å²) in [5.74, 6) is 0.188. The third kappa shape index (κ3) is 3.48. The Labute approximate surface area is 150 Å². The zero-order valence-electron chi connectivity index (χ0n) is 14.2. The highest BCUT2D eigenvalue weighted by atomic mass is 32.1. The molecule has 4 rings (SSSR count). The number of rotatable bonds is 6. The van der Waals surface area contributed by atoms with E-state index >= 15 is 0 Å². The second kappa shape index (κ2) is 6.65. The number of aromatic hydroxyl groups is 1. The number of nitrogens with zero attached hydrogens (tertiary/aromatic N) is 1. The van der Waals surface area contributed by atoms with Gasteiger partial charge in [-0.1, -0.05) is 13.0 Å². The molecule has 0 bridgehead atoms. The Bertz CT molecular complexity index is 941. The minimum absolute atomic E-state index is 0.188. The molecular weight excluding hydrogens is 334 g/mol. The van der Waals surface area contributed by atoms with Gasteiger partial charge in [0.1, 0.15) is 11.3 Å². The molecule has 0 atom stereocenters. The second-order valence-electron chi connectivity index (χ2n) is 6.64. The maximum atomic E-state index is 12.0. The van der Waals surface area contributed by atoms with Crippen LogP contribution in [0.5, 0.6) is 5.75 Å². The van der Waals surface area contributed by atoms with Crippen molar-refractivity contribution in [2.75, 3.05) is 0 Å². The molecule has 0 unspecified atom stereocenters. The number of hydrogen-bond donors (Lipinski definition) is 1. The van der Waals surface area contributed by atoms with Crippen molar-refractivity contribution in [3.05, 3.63) is 62.1 Å². The lowest BCUT2D eigenvalue weighted by atomic mass is 10.0. The molecule has 0 aliphatic heterocycles. The molecule has 130 valence electrons. The van der Waals surface area contributed by atoms with Crippen LogP contribution < -0.4 is 5.63 Å². The first-order valence-corrected chi connectivity index (χ1v) is 9.57. The Morgan fingerprint density at radius 1 is 1.24 bits per heavy atom. The van der Waals surface area contributed by atoms with Crippen molar-refractivity contribution in [2.45, 2.75) is 45.3 Å². The molecule has 2 heterocycles. The van der Waals surface area contributed by atoms with Crippen LogP contribution in [0.25, 0.3) is 11.0 Å². The number of phenols is 1. The number of fused-ring (bicyclic) bond motifs is 1. The van der Waals surface area contributed by atoms with Crippen LogP contribution in [0.2, 0.25) is 0 Å². The maximum absolute atomic E-state index is 12.0. The van der Waals surface area contributed by atoms with E-state index in [1.54, 1.807) is 23.5 Å². The third-order valence-electron chi connectivity index (χ3n) is 4.79. The van der Waals surface area contributed by atoms with Gasteiger partial charge in [0.15, 0.2) is 0 Å². The van der Waals surface area contributed by atoms with E-state index < -0.39 is 0 Å². The monoisotopic (exact) mass is 355 g/mol. The SMILES string of the molecule is CCc1cc2c(CN(Cc3cccs3)C3CC3)cc(=O)oc2cc1O. The van der Waals surface area contributed by atoms with Crippen LogP contribution in [0, 0.1) is 0 Å². The average Bonchev–Trinajstić information content (AvgIpc) is 3.31. The summed E-state index contributed by atoms with van der Waals surface area (Å²) >= 11 is 1.77. The van der Waals surface area contributed by atoms with Crippen LogP contribution in [0.4, 0.5) is 0 Å². The van der Waals surface area contributed by atoms with Gasteiger partial charge < -0.3 is 9.52 Å². The lowest BCUT2D eigenvalue weighted by Gasteiger charge is -2.22. The van der Waals surface area contributed by atoms with Crippen molar-refractivity contribution < 1.29 is 9.52 Å². The lowest BCUT2D eigenvalue weighted by Crippen LogP contribution is -2.25. The topological polar surface area (TPSA) is 53.7 Å². The highest BCUT2D eigenvalue weighted by molar-refractivity contribution is 7.09. The van der Waals surface area contributed by atoms with Gasteiger partial charge in [0.2, 0.25) is 0 Å². The summed E-state index contributed by atoms with van der Waals surface area (Å²) in [4.78, 5) is 15.8. The van der Waals surface area contributed by atoms with E-state index in [0.29, 0.717) is 11.6 Å². The van der Waals surface area contributed by atoms with Gasteiger partial charge in [-0.15, -0.1) is 11.3 Å². The molecule has 0 spiro atoms. The molecule has 0 saturated heterocycles. The summed E-state index contributed by atoms with van der Waals surface area (Å²) in [5, 5.41) is 13.1. The molecule has 1 aliphatic carbocycles. The number of phenolic OH excluding ortho intramolecular Hbond substituents is 1. The first-order chi connectivity index (χ1) is 12.1. The zero-order valence-corrected chi connectivity index (χ0v) is 15.0. The number of thiophene rings is 1. The van der Waals surface area contributed by atoms with Crippen molar-refractivity contribution in [1.82, 2.24) is 4.90 Å². The van der Waals surface area contributed by atoms with E-state index in [0.717, 1.165) is 36.0 Å². The lowest BCUT2D eigenvalue weighted by molar-refractivity contribution is 0.248. The summed E-state index contributed by atoms with van der Waals surface area (Å²) in [7, 11) is 0. The van der Waals surface area contributed by atoms with Crippen molar-refractivity contribution in [1.29, 1.82) is 0 Å². The molecule has 2 aromatic heterocycles. The summed E-state index contributed by atoms with van der Waals surface area (Å²) in [6.07, 6.45) is 3.17. The molecule has 1 saturated carbocycles. The van der Waals surface area contributed by atoms with Gasteiger partial charge >= 0.3 is 5.63 Å². The Hall–Kier alpha value is -2.11. The van der Waals surface area contributed by atoms with E-state index in [2.05, 4.69) is 22.4 Å². The molecule has 3 aromatic rings. The first-order valence-electron chi connectivity index (χ1n) is 8.69. The van der Waals surface area contributed by atoms with Crippen LogP contribution in [-0.2, 0) is 19.5 Å². The Morgan fingerprint density at radius 3 is 2.76 bits per heavy atom. The first kappa shape index (κ1) is 16.4. The van der Waals surface area contributed by atoms with E-state index in [9.17, 15) is 9.90 Å². The largest absolute Gasteiger partial charge is 0.508 e. The van der Waals surface area contributed by atoms with Crippen LogP contribution in [0.3, 0.4) is 0 Å². The van der Waals surface area contributed by atoms with Gasteiger partial charge in [0.25, 0.3) is 0 Å². The maximum Gasteiger partial charge on any atom is 0.336 e. The smallest absolute Gasteiger partial charge is 0.336 e. The Kier molecular flexibility index (Phi) is 4.36. The molecule has 1 aliphatic rings. The molecule has 0 radical (unpaired) electrons. The third-order valence-corrected chi connectivity index (χ3v) is 5.65. The molecule has 5 heteroatoms. The van der Waals surface area contributed by atoms with Gasteiger partial charge in [-0.3, -0.25) is 4.90 Å². The fourth-order valence-corrected chi connectivity index (χ4v) is 4.03. The van der Waals surface area contributed by atoms with Crippen molar-refractivity contribution >= 4 is 22.3 Å². The fraction of sp³-hybridized carbons (Fsp3) is 0.350. The van der Waals surface area contributed by atoms with Crippen LogP contribution in [-0.4, -0.2) is 16.0 Å². The van der Waals surface area contributed by atoms with E-state index in [-0.39, 0.29) is 11.4 Å². The van der Waals surface area contributed by atoms with Crippen LogP contribution in [0.1, 0.15) is 35.8 Å². The van der Waals surface area contributed by atoms with Crippen molar-refractivity contribution in [2.24, 2.45) is 0 Å². The van der Waals surface area contributed by atoms with E-state index in [1.165, 1.54) is 17.7 Å². The normalized spacial score (nSPS) is 14.5. The van der Waals surface area contributed by atoms with E-state index in [4.69, 9.17) is 4.42 Å². The number of benzene rings is 1. The summed E-state index contributed by atoms with van der Waals surface area (Å²) in [6.45, 7) is 3.63. The second-order valence-corrected chi connectivity index (χ2v) is 7.67. The predicted molar refractivity (Wildman–Crippen MR) is 100 cm³/mol. The van der Waals surface area contributed by atoms with Gasteiger partial charge in [-0.25, -0.2) is 4.79 Å². The molecule has 25 heavy (non-hydrogen) atoms. The highest BCUT2D eigenvalue weighted by Crippen LogP contribution is 2.33. The van der Waals surface area contributed by atoms with Gasteiger partial charge in [-0.2, -0.15) is 0 Å². The summed E-state index contributed by atoms with van der Waals surface area (Å²) < 4.78 is 5.31. The van der Waals surface area contributed by atoms with Gasteiger partial charge in [0, 0.05) is 41.5 Å². The Balaban J connectivity index is 1.72. The summed E-state index contributed by atoms with van der Waals surface area (Å²) in [5.41, 5.74) is 1.95. The van der Waals surface area contributed by atoms with Gasteiger partial charge in [-0.05, 0) is 47.9 Å². The number of hydrogen-bond acceptors (Lipinski definition) is 5. The minimum Gasteiger partial charge on any atom is -0.508 e. The Morgan fingerprint density at radius 2 is 2.08 bits per heavy atom. The average molecular weight is 355 g/mol. The van der Waals surface area contributed by atoms with Crippen LogP contribution >= 0.6 is 11.3 Å². The molecule has 4 nitrogen and oxygen atoms in total. The van der Waals surface area contributed by atoms with Crippen LogP contribution in [0.15, 0.2) is 44.9 Å². The van der Waals surface area contributed by atoms with Crippen molar-refractivity contribution in [3.8, 4) is 5.75 Å².